The summed E-state index contributed by atoms with van der Waals surface area (Å²) in [5.74, 6) is -0.121. The van der Waals surface area contributed by atoms with Crippen molar-refractivity contribution in [1.29, 1.82) is 0 Å². The van der Waals surface area contributed by atoms with E-state index in [0.717, 1.165) is 17.6 Å². The van der Waals surface area contributed by atoms with Gasteiger partial charge in [0, 0.05) is 22.3 Å². The number of benzene rings is 2. The Morgan fingerprint density at radius 1 is 0.905 bits per heavy atom. The molecule has 2 aromatic rings. The van der Waals surface area contributed by atoms with Crippen LogP contribution in [-0.2, 0) is 6.42 Å². The van der Waals surface area contributed by atoms with E-state index in [-0.39, 0.29) is 11.6 Å². The smallest absolute Gasteiger partial charge is 0.194 e. The van der Waals surface area contributed by atoms with E-state index >= 15 is 0 Å². The van der Waals surface area contributed by atoms with Gasteiger partial charge in [0.05, 0.1) is 0 Å². The molecule has 0 saturated heterocycles. The Morgan fingerprint density at radius 3 is 2.19 bits per heavy atom. The third kappa shape index (κ3) is 2.13. The molecule has 0 unspecified atom stereocenters. The quantitative estimate of drug-likeness (QED) is 0.678. The highest BCUT2D eigenvalue weighted by Gasteiger charge is 2.30. The van der Waals surface area contributed by atoms with E-state index in [9.17, 15) is 9.59 Å². The van der Waals surface area contributed by atoms with Gasteiger partial charge < -0.3 is 0 Å². The third-order valence-electron chi connectivity index (χ3n) is 3.98. The summed E-state index contributed by atoms with van der Waals surface area (Å²) in [5, 5.41) is 0. The number of hydrogen-bond donors (Lipinski definition) is 0. The van der Waals surface area contributed by atoms with Crippen molar-refractivity contribution in [2.45, 2.75) is 19.8 Å². The predicted octanol–water partition coefficient (Wildman–Crippen LogP) is 3.97. The van der Waals surface area contributed by atoms with E-state index in [1.54, 1.807) is 30.3 Å². The van der Waals surface area contributed by atoms with Gasteiger partial charge in [-0.1, -0.05) is 61.5 Å². The van der Waals surface area contributed by atoms with E-state index in [4.69, 9.17) is 0 Å². The highest BCUT2D eigenvalue weighted by Crippen LogP contribution is 2.30. The second-order valence-electron chi connectivity index (χ2n) is 5.32. The molecule has 0 N–H and O–H groups in total. The Bertz CT molecular complexity index is 769. The van der Waals surface area contributed by atoms with Gasteiger partial charge >= 0.3 is 0 Å². The van der Waals surface area contributed by atoms with Gasteiger partial charge in [-0.2, -0.15) is 0 Å². The molecule has 0 heterocycles. The van der Waals surface area contributed by atoms with Gasteiger partial charge in [-0.15, -0.1) is 0 Å². The summed E-state index contributed by atoms with van der Waals surface area (Å²) in [5.41, 5.74) is 4.02. The molecule has 0 atom stereocenters. The minimum atomic E-state index is -0.0656. The third-order valence-corrected chi connectivity index (χ3v) is 3.98. The minimum Gasteiger partial charge on any atom is -0.289 e. The first-order chi connectivity index (χ1) is 10.1. The first-order valence-electron chi connectivity index (χ1n) is 7.10. The molecule has 2 heteroatoms. The van der Waals surface area contributed by atoms with Gasteiger partial charge in [0.1, 0.15) is 0 Å². The van der Waals surface area contributed by atoms with E-state index in [0.29, 0.717) is 28.7 Å². The van der Waals surface area contributed by atoms with Gasteiger partial charge in [0.2, 0.25) is 0 Å². The van der Waals surface area contributed by atoms with Crippen LogP contribution in [0.15, 0.2) is 54.6 Å². The molecule has 21 heavy (non-hydrogen) atoms. The van der Waals surface area contributed by atoms with Crippen molar-refractivity contribution in [3.8, 4) is 0 Å². The number of rotatable bonds is 3. The lowest BCUT2D eigenvalue weighted by atomic mass is 9.81. The van der Waals surface area contributed by atoms with Crippen molar-refractivity contribution in [2.75, 3.05) is 0 Å². The van der Waals surface area contributed by atoms with Crippen LogP contribution in [0.25, 0.3) is 0 Å². The normalized spacial score (nSPS) is 12.8. The Kier molecular flexibility index (Phi) is 3.30. The monoisotopic (exact) mass is 276 g/mol. The SMILES string of the molecule is C=C(CC)Cc1cccc2c1C(=O)c1ccccc1C2=O. The zero-order valence-corrected chi connectivity index (χ0v) is 12.0. The van der Waals surface area contributed by atoms with Crippen LogP contribution < -0.4 is 0 Å². The van der Waals surface area contributed by atoms with Crippen molar-refractivity contribution in [3.63, 3.8) is 0 Å². The molecule has 0 saturated carbocycles. The van der Waals surface area contributed by atoms with E-state index in [2.05, 4.69) is 6.58 Å². The number of carbonyl (C=O) groups excluding carboxylic acids is 2. The van der Waals surface area contributed by atoms with E-state index in [1.165, 1.54) is 0 Å². The first-order valence-corrected chi connectivity index (χ1v) is 7.10. The molecule has 0 spiro atoms. The summed E-state index contributed by atoms with van der Waals surface area (Å²) < 4.78 is 0. The lowest BCUT2D eigenvalue weighted by molar-refractivity contribution is 0.0978. The predicted molar refractivity (Wildman–Crippen MR) is 82.9 cm³/mol. The van der Waals surface area contributed by atoms with Crippen LogP contribution >= 0.6 is 0 Å². The number of carbonyl (C=O) groups is 2. The Balaban J connectivity index is 2.19. The Morgan fingerprint density at radius 2 is 1.52 bits per heavy atom. The van der Waals surface area contributed by atoms with Crippen LogP contribution in [0, 0.1) is 0 Å². The zero-order valence-electron chi connectivity index (χ0n) is 12.0. The summed E-state index contributed by atoms with van der Waals surface area (Å²) in [7, 11) is 0. The van der Waals surface area contributed by atoms with Crippen molar-refractivity contribution < 1.29 is 9.59 Å². The highest BCUT2D eigenvalue weighted by atomic mass is 16.1. The molecule has 1 aliphatic carbocycles. The molecule has 1 aliphatic rings. The molecular weight excluding hydrogens is 260 g/mol. The topological polar surface area (TPSA) is 34.1 Å². The molecule has 0 aromatic heterocycles. The number of allylic oxidation sites excluding steroid dienone is 1. The average Bonchev–Trinajstić information content (AvgIpc) is 2.52. The summed E-state index contributed by atoms with van der Waals surface area (Å²) in [6, 6.07) is 12.5. The molecule has 0 aliphatic heterocycles. The van der Waals surface area contributed by atoms with Gasteiger partial charge in [-0.05, 0) is 18.4 Å². The largest absolute Gasteiger partial charge is 0.289 e. The molecule has 2 nitrogen and oxygen atoms in total. The van der Waals surface area contributed by atoms with E-state index < -0.39 is 0 Å². The molecule has 3 rings (SSSR count). The Hall–Kier alpha value is -2.48. The van der Waals surface area contributed by atoms with Crippen LogP contribution in [0.1, 0.15) is 50.8 Å². The summed E-state index contributed by atoms with van der Waals surface area (Å²) in [6.07, 6.45) is 1.50. The first kappa shape index (κ1) is 13.5. The zero-order chi connectivity index (χ0) is 15.0. The summed E-state index contributed by atoms with van der Waals surface area (Å²) in [4.78, 5) is 25.3. The average molecular weight is 276 g/mol. The van der Waals surface area contributed by atoms with Crippen molar-refractivity contribution >= 4 is 11.6 Å². The van der Waals surface area contributed by atoms with Crippen molar-refractivity contribution in [2.24, 2.45) is 0 Å². The van der Waals surface area contributed by atoms with Crippen molar-refractivity contribution in [3.05, 3.63) is 82.4 Å². The number of fused-ring (bicyclic) bond motifs is 2. The van der Waals surface area contributed by atoms with Crippen LogP contribution in [0.2, 0.25) is 0 Å². The highest BCUT2D eigenvalue weighted by molar-refractivity contribution is 6.28. The number of ketones is 2. The molecule has 0 amide bonds. The van der Waals surface area contributed by atoms with E-state index in [1.807, 2.05) is 19.1 Å². The fraction of sp³-hybridized carbons (Fsp3) is 0.158. The maximum Gasteiger partial charge on any atom is 0.194 e. The van der Waals surface area contributed by atoms with Gasteiger partial charge in [-0.25, -0.2) is 0 Å². The number of hydrogen-bond acceptors (Lipinski definition) is 2. The van der Waals surface area contributed by atoms with Crippen molar-refractivity contribution in [1.82, 2.24) is 0 Å². The maximum atomic E-state index is 12.8. The molecule has 104 valence electrons. The summed E-state index contributed by atoms with van der Waals surface area (Å²) in [6.45, 7) is 6.05. The van der Waals surface area contributed by atoms with Gasteiger partial charge in [0.15, 0.2) is 11.6 Å². The lowest BCUT2D eigenvalue weighted by Gasteiger charge is -2.20. The Labute approximate surface area is 124 Å². The molecule has 0 bridgehead atoms. The maximum absolute atomic E-state index is 12.8. The molecule has 0 fully saturated rings. The van der Waals surface area contributed by atoms with Gasteiger partial charge in [0.25, 0.3) is 0 Å². The molecule has 0 radical (unpaired) electrons. The van der Waals surface area contributed by atoms with Crippen LogP contribution in [0.4, 0.5) is 0 Å². The summed E-state index contributed by atoms with van der Waals surface area (Å²) >= 11 is 0. The standard InChI is InChI=1S/C19H16O2/c1-3-12(2)11-13-7-6-10-16-17(13)19(21)15-9-5-4-8-14(15)18(16)20/h4-10H,2-3,11H2,1H3. The van der Waals surface area contributed by atoms with Gasteiger partial charge in [-0.3, -0.25) is 9.59 Å². The fourth-order valence-electron chi connectivity index (χ4n) is 2.76. The molecular formula is C19H16O2. The minimum absolute atomic E-state index is 0.0558. The second kappa shape index (κ2) is 5.13. The second-order valence-corrected chi connectivity index (χ2v) is 5.32. The van der Waals surface area contributed by atoms with Crippen LogP contribution in [0.5, 0.6) is 0 Å². The molecule has 2 aromatic carbocycles. The fourth-order valence-corrected chi connectivity index (χ4v) is 2.76. The van der Waals surface area contributed by atoms with Crippen LogP contribution in [0.3, 0.4) is 0 Å². The lowest BCUT2D eigenvalue weighted by Crippen LogP contribution is -2.22. The van der Waals surface area contributed by atoms with Crippen LogP contribution in [-0.4, -0.2) is 11.6 Å².